The number of carboxylic acid groups (broad SMARTS) is 1. The van der Waals surface area contributed by atoms with E-state index in [0.29, 0.717) is 0 Å². The number of nitrogens with zero attached hydrogens (tertiary/aromatic N) is 2. The first kappa shape index (κ1) is 17.1. The lowest BCUT2D eigenvalue weighted by molar-refractivity contribution is -0.159. The molecule has 0 saturated carbocycles. The Labute approximate surface area is 127 Å². The standard InChI is InChI=1S/C11H12ClN3O5S/c1-5(2)8(11(18)19)15-9(17)7(10(15)21(12)20)14-6(16)3-4-13/h7-8,10H,1,3H2,2H3,(H,14,16)(H,18,19). The molecule has 0 aromatic heterocycles. The molecule has 21 heavy (non-hydrogen) atoms. The van der Waals surface area contributed by atoms with E-state index in [1.54, 1.807) is 6.07 Å². The van der Waals surface area contributed by atoms with Crippen LogP contribution in [-0.2, 0) is 24.4 Å². The summed E-state index contributed by atoms with van der Waals surface area (Å²) < 4.78 is 11.5. The Hall–Kier alpha value is -1.92. The number of carboxylic acids is 1. The van der Waals surface area contributed by atoms with Gasteiger partial charge in [0, 0.05) is 0 Å². The maximum absolute atomic E-state index is 12.0. The predicted molar refractivity (Wildman–Crippen MR) is 73.0 cm³/mol. The van der Waals surface area contributed by atoms with Crippen LogP contribution in [0.3, 0.4) is 0 Å². The van der Waals surface area contributed by atoms with E-state index >= 15 is 0 Å². The summed E-state index contributed by atoms with van der Waals surface area (Å²) in [5, 5.41) is 18.5. The molecule has 4 atom stereocenters. The SMILES string of the molecule is C=C(C)C(C(=O)O)N1C(=O)C(NC(=O)CC#N)C1S(=O)Cl. The fourth-order valence-corrected chi connectivity index (χ4v) is 3.32. The summed E-state index contributed by atoms with van der Waals surface area (Å²) in [6.07, 6.45) is -0.478. The molecule has 1 rings (SSSR count). The number of aliphatic carboxylic acids is 1. The van der Waals surface area contributed by atoms with Gasteiger partial charge in [-0.3, -0.25) is 9.59 Å². The highest BCUT2D eigenvalue weighted by Gasteiger charge is 2.55. The highest BCUT2D eigenvalue weighted by molar-refractivity contribution is 8.08. The van der Waals surface area contributed by atoms with E-state index in [0.717, 1.165) is 4.90 Å². The van der Waals surface area contributed by atoms with Crippen molar-refractivity contribution in [1.29, 1.82) is 5.26 Å². The van der Waals surface area contributed by atoms with Gasteiger partial charge >= 0.3 is 5.97 Å². The number of carbonyl (C=O) groups excluding carboxylic acids is 2. The molecule has 0 spiro atoms. The van der Waals surface area contributed by atoms with Crippen LogP contribution in [0.5, 0.6) is 0 Å². The minimum atomic E-state index is -2.10. The third-order valence-electron chi connectivity index (χ3n) is 2.80. The van der Waals surface area contributed by atoms with Crippen LogP contribution in [0.15, 0.2) is 12.2 Å². The van der Waals surface area contributed by atoms with Gasteiger partial charge in [-0.05, 0) is 23.2 Å². The summed E-state index contributed by atoms with van der Waals surface area (Å²) in [7, 11) is 3.38. The average molecular weight is 334 g/mol. The molecule has 1 saturated heterocycles. The van der Waals surface area contributed by atoms with Gasteiger partial charge in [-0.1, -0.05) is 6.58 Å². The zero-order valence-electron chi connectivity index (χ0n) is 10.9. The molecule has 1 fully saturated rings. The molecule has 0 radical (unpaired) electrons. The Morgan fingerprint density at radius 2 is 2.24 bits per heavy atom. The van der Waals surface area contributed by atoms with Gasteiger partial charge in [-0.2, -0.15) is 5.26 Å². The molecular weight excluding hydrogens is 322 g/mol. The molecule has 8 nitrogen and oxygen atoms in total. The Balaban J connectivity index is 3.00. The van der Waals surface area contributed by atoms with Crippen LogP contribution in [0.25, 0.3) is 0 Å². The van der Waals surface area contributed by atoms with Gasteiger partial charge in [0.2, 0.25) is 11.8 Å². The highest BCUT2D eigenvalue weighted by atomic mass is 35.7. The van der Waals surface area contributed by atoms with Crippen molar-refractivity contribution in [2.45, 2.75) is 30.8 Å². The number of amides is 2. The van der Waals surface area contributed by atoms with E-state index < -0.39 is 51.7 Å². The van der Waals surface area contributed by atoms with Crippen molar-refractivity contribution in [3.8, 4) is 6.07 Å². The van der Waals surface area contributed by atoms with Crippen LogP contribution >= 0.6 is 10.7 Å². The second kappa shape index (κ2) is 6.69. The van der Waals surface area contributed by atoms with E-state index in [-0.39, 0.29) is 5.57 Å². The molecule has 0 aliphatic carbocycles. The summed E-state index contributed by atoms with van der Waals surface area (Å²) in [6.45, 7) is 4.88. The number of carbonyl (C=O) groups is 3. The summed E-state index contributed by atoms with van der Waals surface area (Å²) in [4.78, 5) is 35.3. The lowest BCUT2D eigenvalue weighted by Gasteiger charge is -2.47. The molecule has 4 unspecified atom stereocenters. The van der Waals surface area contributed by atoms with E-state index in [1.165, 1.54) is 6.92 Å². The number of rotatable bonds is 6. The maximum Gasteiger partial charge on any atom is 0.330 e. The van der Waals surface area contributed by atoms with E-state index in [2.05, 4.69) is 11.9 Å². The van der Waals surface area contributed by atoms with Gasteiger partial charge in [0.25, 0.3) is 0 Å². The summed E-state index contributed by atoms with van der Waals surface area (Å²) in [6, 6.07) is -1.00. The number of hydrogen-bond acceptors (Lipinski definition) is 5. The quantitative estimate of drug-likeness (QED) is 0.382. The van der Waals surface area contributed by atoms with Crippen LogP contribution in [0.2, 0.25) is 0 Å². The number of hydrogen-bond donors (Lipinski definition) is 2. The monoisotopic (exact) mass is 333 g/mol. The van der Waals surface area contributed by atoms with Crippen molar-refractivity contribution in [3.05, 3.63) is 12.2 Å². The minimum absolute atomic E-state index is 0.157. The molecular formula is C11H12ClN3O5S. The van der Waals surface area contributed by atoms with Crippen molar-refractivity contribution in [2.75, 3.05) is 0 Å². The fraction of sp³-hybridized carbons (Fsp3) is 0.455. The molecule has 2 N–H and O–H groups in total. The normalized spacial score (nSPS) is 23.5. The molecule has 114 valence electrons. The van der Waals surface area contributed by atoms with E-state index in [4.69, 9.17) is 21.1 Å². The Morgan fingerprint density at radius 1 is 1.67 bits per heavy atom. The predicted octanol–water partition coefficient (Wildman–Crippen LogP) is -0.515. The zero-order chi connectivity index (χ0) is 16.3. The van der Waals surface area contributed by atoms with Gasteiger partial charge in [-0.25, -0.2) is 9.00 Å². The van der Waals surface area contributed by atoms with Crippen molar-refractivity contribution >= 4 is 38.5 Å². The van der Waals surface area contributed by atoms with Crippen molar-refractivity contribution in [1.82, 2.24) is 10.2 Å². The Morgan fingerprint density at radius 3 is 2.62 bits per heavy atom. The van der Waals surface area contributed by atoms with Gasteiger partial charge in [0.1, 0.15) is 22.5 Å². The smallest absolute Gasteiger partial charge is 0.330 e. The molecule has 1 heterocycles. The van der Waals surface area contributed by atoms with Gasteiger partial charge in [0.15, 0.2) is 11.4 Å². The number of likely N-dealkylation sites (tertiary alicyclic amines) is 1. The van der Waals surface area contributed by atoms with Gasteiger partial charge in [-0.15, -0.1) is 0 Å². The third kappa shape index (κ3) is 3.40. The van der Waals surface area contributed by atoms with E-state index in [1.807, 2.05) is 0 Å². The molecule has 2 amide bonds. The third-order valence-corrected chi connectivity index (χ3v) is 4.23. The summed E-state index contributed by atoms with van der Waals surface area (Å²) in [5.74, 6) is -2.81. The fourth-order valence-electron chi connectivity index (χ4n) is 1.95. The molecule has 0 aromatic rings. The van der Waals surface area contributed by atoms with Gasteiger partial charge < -0.3 is 15.3 Å². The van der Waals surface area contributed by atoms with E-state index in [9.17, 15) is 18.6 Å². The lowest BCUT2D eigenvalue weighted by atomic mass is 9.99. The second-order valence-electron chi connectivity index (χ2n) is 4.35. The topological polar surface area (TPSA) is 128 Å². The largest absolute Gasteiger partial charge is 0.479 e. The first-order valence-corrected chi connectivity index (χ1v) is 7.69. The second-order valence-corrected chi connectivity index (χ2v) is 6.24. The summed E-state index contributed by atoms with van der Waals surface area (Å²) >= 11 is 0. The Bertz CT molecular complexity index is 559. The molecule has 10 heteroatoms. The number of halogens is 1. The first-order valence-electron chi connectivity index (χ1n) is 5.65. The summed E-state index contributed by atoms with van der Waals surface area (Å²) in [5.41, 5.74) is 0.157. The highest BCUT2D eigenvalue weighted by Crippen LogP contribution is 2.30. The number of β-lactam (4-membered cyclic amide) rings is 1. The van der Waals surface area contributed by atoms with Crippen molar-refractivity contribution in [3.63, 3.8) is 0 Å². The van der Waals surface area contributed by atoms with Crippen LogP contribution < -0.4 is 5.32 Å². The first-order chi connectivity index (χ1) is 9.72. The average Bonchev–Trinajstić information content (AvgIpc) is 2.35. The number of nitriles is 1. The maximum atomic E-state index is 12.0. The van der Waals surface area contributed by atoms with Crippen LogP contribution in [0.4, 0.5) is 0 Å². The lowest BCUT2D eigenvalue weighted by Crippen LogP contribution is -2.74. The minimum Gasteiger partial charge on any atom is -0.479 e. The van der Waals surface area contributed by atoms with Gasteiger partial charge in [0.05, 0.1) is 6.07 Å². The van der Waals surface area contributed by atoms with Crippen molar-refractivity contribution < 1.29 is 23.7 Å². The van der Waals surface area contributed by atoms with Crippen molar-refractivity contribution in [2.24, 2.45) is 0 Å². The molecule has 1 aliphatic heterocycles. The van der Waals surface area contributed by atoms with Crippen LogP contribution in [-0.4, -0.2) is 49.5 Å². The van der Waals surface area contributed by atoms with Crippen LogP contribution in [0, 0.1) is 11.3 Å². The molecule has 1 aliphatic rings. The Kier molecular flexibility index (Phi) is 5.46. The van der Waals surface area contributed by atoms with Crippen LogP contribution in [0.1, 0.15) is 13.3 Å². The zero-order valence-corrected chi connectivity index (χ0v) is 12.5. The molecule has 0 aromatic carbocycles. The number of nitrogens with one attached hydrogen (secondary N) is 1. The molecule has 0 bridgehead atoms.